The maximum absolute atomic E-state index is 2.38. The van der Waals surface area contributed by atoms with Gasteiger partial charge in [-0.25, -0.2) is 0 Å². The van der Waals surface area contributed by atoms with Crippen molar-refractivity contribution in [2.45, 2.75) is 71.6 Å². The molecule has 0 aliphatic rings. The molecule has 1 aromatic rings. The fraction of sp³-hybridized carbons (Fsp3) is 0.647. The van der Waals surface area contributed by atoms with Crippen LogP contribution in [0.4, 0.5) is 0 Å². The van der Waals surface area contributed by atoms with E-state index in [2.05, 4.69) is 79.7 Å². The molecule has 1 rings (SSSR count). The molecule has 0 radical (unpaired) electrons. The van der Waals surface area contributed by atoms with E-state index in [-0.39, 0.29) is 7.92 Å². The highest BCUT2D eigenvalue weighted by atomic mass is 31.1. The van der Waals surface area contributed by atoms with Crippen molar-refractivity contribution in [1.82, 2.24) is 0 Å². The predicted molar refractivity (Wildman–Crippen MR) is 86.6 cm³/mol. The second-order valence-corrected chi connectivity index (χ2v) is 11.3. The zero-order valence-corrected chi connectivity index (χ0v) is 14.2. The lowest BCUT2D eigenvalue weighted by atomic mass is 10.0. The van der Waals surface area contributed by atoms with Crippen LogP contribution in [0.2, 0.25) is 0 Å². The summed E-state index contributed by atoms with van der Waals surface area (Å²) in [6.07, 6.45) is 0. The highest BCUT2D eigenvalue weighted by molar-refractivity contribution is 7.68. The third kappa shape index (κ3) is 3.82. The standard InChI is InChI=1S/C17H29P/c1-13(2)14-9-11-15(12-10-14)18(16(3,4)5)17(6,7)8/h9-13H,1-8H3. The molecule has 1 aromatic carbocycles. The Hall–Kier alpha value is -0.350. The van der Waals surface area contributed by atoms with Crippen LogP contribution < -0.4 is 5.30 Å². The molecule has 0 aliphatic heterocycles. The highest BCUT2D eigenvalue weighted by Crippen LogP contribution is 2.58. The molecule has 0 spiro atoms. The van der Waals surface area contributed by atoms with E-state index in [9.17, 15) is 0 Å². The van der Waals surface area contributed by atoms with Gasteiger partial charge in [0.05, 0.1) is 0 Å². The summed E-state index contributed by atoms with van der Waals surface area (Å²) in [7, 11) is -0.170. The summed E-state index contributed by atoms with van der Waals surface area (Å²) in [5, 5.41) is 2.24. The number of hydrogen-bond donors (Lipinski definition) is 0. The first-order valence-corrected chi connectivity index (χ1v) is 8.28. The van der Waals surface area contributed by atoms with E-state index < -0.39 is 0 Å². The molecule has 0 fully saturated rings. The third-order valence-electron chi connectivity index (χ3n) is 3.16. The van der Waals surface area contributed by atoms with E-state index in [0.29, 0.717) is 16.2 Å². The van der Waals surface area contributed by atoms with Crippen molar-refractivity contribution >= 4 is 13.2 Å². The fourth-order valence-electron chi connectivity index (χ4n) is 2.79. The molecule has 0 saturated heterocycles. The third-order valence-corrected chi connectivity index (χ3v) is 6.66. The number of hydrogen-bond acceptors (Lipinski definition) is 0. The maximum Gasteiger partial charge on any atom is -0.0134 e. The van der Waals surface area contributed by atoms with Gasteiger partial charge in [0, 0.05) is 0 Å². The van der Waals surface area contributed by atoms with Crippen molar-refractivity contribution in [3.05, 3.63) is 29.8 Å². The SMILES string of the molecule is CC(C)c1ccc(P(C(C)(C)C)C(C)(C)C)cc1. The zero-order valence-electron chi connectivity index (χ0n) is 13.3. The predicted octanol–water partition coefficient (Wildman–Crippen LogP) is 5.51. The van der Waals surface area contributed by atoms with Gasteiger partial charge in [-0.05, 0) is 27.1 Å². The van der Waals surface area contributed by atoms with Crippen molar-refractivity contribution in [1.29, 1.82) is 0 Å². The van der Waals surface area contributed by atoms with Crippen LogP contribution in [0.3, 0.4) is 0 Å². The molecule has 0 nitrogen and oxygen atoms in total. The summed E-state index contributed by atoms with van der Waals surface area (Å²) < 4.78 is 0. The maximum atomic E-state index is 2.38. The van der Waals surface area contributed by atoms with E-state index >= 15 is 0 Å². The molecule has 102 valence electrons. The minimum atomic E-state index is -0.170. The average Bonchev–Trinajstić information content (AvgIpc) is 2.13. The van der Waals surface area contributed by atoms with Crippen molar-refractivity contribution in [3.63, 3.8) is 0 Å². The Labute approximate surface area is 115 Å². The van der Waals surface area contributed by atoms with E-state index in [0.717, 1.165) is 0 Å². The molecule has 0 heterocycles. The van der Waals surface area contributed by atoms with E-state index in [1.54, 1.807) is 0 Å². The lowest BCUT2D eigenvalue weighted by Gasteiger charge is -2.41. The van der Waals surface area contributed by atoms with Gasteiger partial charge in [0.1, 0.15) is 0 Å². The van der Waals surface area contributed by atoms with Gasteiger partial charge in [-0.3, -0.25) is 0 Å². The molecule has 0 aromatic heterocycles. The van der Waals surface area contributed by atoms with Crippen LogP contribution in [0, 0.1) is 0 Å². The number of benzene rings is 1. The first-order chi connectivity index (χ1) is 8.03. The van der Waals surface area contributed by atoms with Crippen LogP contribution in [-0.4, -0.2) is 10.3 Å². The van der Waals surface area contributed by atoms with Gasteiger partial charge in [-0.1, -0.05) is 87.6 Å². The summed E-state index contributed by atoms with van der Waals surface area (Å²) in [5.74, 6) is 0.620. The lowest BCUT2D eigenvalue weighted by Crippen LogP contribution is -2.31. The Bertz CT molecular complexity index is 360. The second-order valence-electron chi connectivity index (χ2n) is 7.42. The molecule has 0 N–H and O–H groups in total. The van der Waals surface area contributed by atoms with Gasteiger partial charge < -0.3 is 0 Å². The van der Waals surface area contributed by atoms with E-state index in [4.69, 9.17) is 0 Å². The molecule has 0 unspecified atom stereocenters. The van der Waals surface area contributed by atoms with Gasteiger partial charge in [-0.2, -0.15) is 0 Å². The molecule has 0 bridgehead atoms. The summed E-state index contributed by atoms with van der Waals surface area (Å²) >= 11 is 0. The zero-order chi connectivity index (χ0) is 14.1. The molecule has 0 amide bonds. The molecule has 0 atom stereocenters. The smallest absolute Gasteiger partial charge is 0.0134 e. The Balaban J connectivity index is 3.16. The fourth-order valence-corrected chi connectivity index (χ4v) is 6.80. The molecule has 18 heavy (non-hydrogen) atoms. The molecule has 0 aliphatic carbocycles. The Morgan fingerprint density at radius 3 is 1.44 bits per heavy atom. The Kier molecular flexibility index (Phi) is 4.65. The van der Waals surface area contributed by atoms with Gasteiger partial charge in [0.2, 0.25) is 0 Å². The summed E-state index contributed by atoms with van der Waals surface area (Å²) in [6.45, 7) is 18.8. The molecular formula is C17H29P. The van der Waals surface area contributed by atoms with E-state index in [1.807, 2.05) is 0 Å². The van der Waals surface area contributed by atoms with Crippen molar-refractivity contribution in [2.24, 2.45) is 0 Å². The highest BCUT2D eigenvalue weighted by Gasteiger charge is 2.35. The van der Waals surface area contributed by atoms with Crippen LogP contribution >= 0.6 is 7.92 Å². The normalized spacial score (nSPS) is 13.4. The van der Waals surface area contributed by atoms with Crippen molar-refractivity contribution < 1.29 is 0 Å². The minimum Gasteiger partial charge on any atom is -0.0643 e. The van der Waals surface area contributed by atoms with Crippen LogP contribution in [0.5, 0.6) is 0 Å². The molecule has 1 heteroatoms. The summed E-state index contributed by atoms with van der Waals surface area (Å²) in [5.41, 5.74) is 1.44. The second kappa shape index (κ2) is 5.33. The quantitative estimate of drug-likeness (QED) is 0.617. The van der Waals surface area contributed by atoms with Gasteiger partial charge in [0.25, 0.3) is 0 Å². The largest absolute Gasteiger partial charge is 0.0643 e. The monoisotopic (exact) mass is 264 g/mol. The minimum absolute atomic E-state index is 0.170. The summed E-state index contributed by atoms with van der Waals surface area (Å²) in [4.78, 5) is 0. The van der Waals surface area contributed by atoms with Crippen LogP contribution in [0.15, 0.2) is 24.3 Å². The van der Waals surface area contributed by atoms with Gasteiger partial charge >= 0.3 is 0 Å². The van der Waals surface area contributed by atoms with Crippen LogP contribution in [-0.2, 0) is 0 Å². The Morgan fingerprint density at radius 2 is 1.17 bits per heavy atom. The van der Waals surface area contributed by atoms with Crippen LogP contribution in [0.25, 0.3) is 0 Å². The van der Waals surface area contributed by atoms with Gasteiger partial charge in [-0.15, -0.1) is 0 Å². The van der Waals surface area contributed by atoms with Crippen LogP contribution in [0.1, 0.15) is 66.9 Å². The summed E-state index contributed by atoms with van der Waals surface area (Å²) in [6, 6.07) is 9.34. The topological polar surface area (TPSA) is 0 Å². The van der Waals surface area contributed by atoms with Crippen molar-refractivity contribution in [2.75, 3.05) is 0 Å². The molecule has 0 saturated carbocycles. The first kappa shape index (κ1) is 15.7. The lowest BCUT2D eigenvalue weighted by molar-refractivity contribution is 0.715. The average molecular weight is 264 g/mol. The first-order valence-electron chi connectivity index (χ1n) is 6.94. The van der Waals surface area contributed by atoms with Gasteiger partial charge in [0.15, 0.2) is 0 Å². The number of rotatable bonds is 2. The molecular weight excluding hydrogens is 235 g/mol. The van der Waals surface area contributed by atoms with Crippen molar-refractivity contribution in [3.8, 4) is 0 Å². The Morgan fingerprint density at radius 1 is 0.778 bits per heavy atom. The van der Waals surface area contributed by atoms with E-state index in [1.165, 1.54) is 10.9 Å².